The van der Waals surface area contributed by atoms with Gasteiger partial charge < -0.3 is 15.4 Å². The first kappa shape index (κ1) is 20.6. The van der Waals surface area contributed by atoms with Crippen molar-refractivity contribution in [2.75, 3.05) is 23.5 Å². The van der Waals surface area contributed by atoms with Crippen LogP contribution in [0.1, 0.15) is 0 Å². The molecule has 0 aliphatic carbocycles. The Labute approximate surface area is 173 Å². The Morgan fingerprint density at radius 1 is 1.14 bits per heavy atom. The molecule has 3 N–H and O–H groups in total. The summed E-state index contributed by atoms with van der Waals surface area (Å²) in [6, 6.07) is 12.0. The normalized spacial score (nSPS) is 10.3. The molecule has 0 aliphatic heterocycles. The number of carbonyl (C=O) groups is 2. The molecule has 3 rings (SSSR count). The van der Waals surface area contributed by atoms with E-state index >= 15 is 0 Å². The van der Waals surface area contributed by atoms with Gasteiger partial charge in [-0.05, 0) is 42.5 Å². The summed E-state index contributed by atoms with van der Waals surface area (Å²) in [5.41, 5.74) is 1.08. The second kappa shape index (κ2) is 9.85. The molecule has 0 spiro atoms. The van der Waals surface area contributed by atoms with Gasteiger partial charge in [0.25, 0.3) is 0 Å². The van der Waals surface area contributed by atoms with Gasteiger partial charge in [-0.25, -0.2) is 9.18 Å². The van der Waals surface area contributed by atoms with Crippen molar-refractivity contribution in [3.63, 3.8) is 0 Å². The van der Waals surface area contributed by atoms with Gasteiger partial charge in [0.05, 0.1) is 12.9 Å². The fourth-order valence-electron chi connectivity index (χ4n) is 2.14. The number of methoxy groups -OCH3 is 1. The van der Waals surface area contributed by atoms with Gasteiger partial charge in [-0.1, -0.05) is 29.2 Å². The van der Waals surface area contributed by atoms with Gasteiger partial charge in [-0.3, -0.25) is 10.1 Å². The highest BCUT2D eigenvalue weighted by Gasteiger charge is 2.11. The molecule has 0 fully saturated rings. The number of amides is 3. The number of imide groups is 1. The van der Waals surface area contributed by atoms with E-state index in [2.05, 4.69) is 26.1 Å². The molecule has 0 aliphatic rings. The Hall–Kier alpha value is -3.18. The van der Waals surface area contributed by atoms with E-state index in [-0.39, 0.29) is 11.6 Å². The number of hydrogen-bond acceptors (Lipinski definition) is 8. The van der Waals surface area contributed by atoms with Crippen molar-refractivity contribution in [1.29, 1.82) is 0 Å². The first-order valence-corrected chi connectivity index (χ1v) is 10.1. The number of ether oxygens (including phenoxy) is 1. The molecule has 29 heavy (non-hydrogen) atoms. The topological polar surface area (TPSA) is 105 Å². The van der Waals surface area contributed by atoms with Gasteiger partial charge >= 0.3 is 6.03 Å². The molecule has 11 heteroatoms. The molecule has 0 radical (unpaired) electrons. The zero-order chi connectivity index (χ0) is 20.6. The quantitative estimate of drug-likeness (QED) is 0.486. The van der Waals surface area contributed by atoms with Gasteiger partial charge in [-0.15, -0.1) is 10.2 Å². The molecule has 150 valence electrons. The number of hydrogen-bond donors (Lipinski definition) is 3. The predicted molar refractivity (Wildman–Crippen MR) is 110 cm³/mol. The molecule has 3 amide bonds. The van der Waals surface area contributed by atoms with Crippen LogP contribution in [0.25, 0.3) is 0 Å². The summed E-state index contributed by atoms with van der Waals surface area (Å²) < 4.78 is 18.8. The Morgan fingerprint density at radius 3 is 2.66 bits per heavy atom. The van der Waals surface area contributed by atoms with Crippen LogP contribution in [0.15, 0.2) is 52.9 Å². The molecule has 1 aromatic heterocycles. The molecule has 0 bridgehead atoms. The zero-order valence-electron chi connectivity index (χ0n) is 15.1. The van der Waals surface area contributed by atoms with Gasteiger partial charge in [0, 0.05) is 11.4 Å². The molecular weight excluding hydrogens is 417 g/mol. The lowest BCUT2D eigenvalue weighted by molar-refractivity contribution is -0.117. The number of benzene rings is 2. The van der Waals surface area contributed by atoms with E-state index in [1.807, 2.05) is 0 Å². The maximum absolute atomic E-state index is 13.2. The third-order valence-electron chi connectivity index (χ3n) is 3.41. The molecule has 0 atom stereocenters. The number of nitrogens with one attached hydrogen (secondary N) is 3. The fraction of sp³-hybridized carbons (Fsp3) is 0.111. The number of halogens is 1. The lowest BCUT2D eigenvalue weighted by Gasteiger charge is -2.07. The van der Waals surface area contributed by atoms with Crippen LogP contribution in [0.5, 0.6) is 5.75 Å². The lowest BCUT2D eigenvalue weighted by atomic mass is 10.3. The second-order valence-corrected chi connectivity index (χ2v) is 7.73. The lowest BCUT2D eigenvalue weighted by Crippen LogP contribution is -2.35. The summed E-state index contributed by atoms with van der Waals surface area (Å²) in [6.45, 7) is 0. The number of aromatic nitrogens is 2. The molecule has 1 heterocycles. The van der Waals surface area contributed by atoms with Crippen molar-refractivity contribution in [2.45, 2.75) is 4.34 Å². The largest absolute Gasteiger partial charge is 0.497 e. The molecule has 0 saturated carbocycles. The van der Waals surface area contributed by atoms with Crippen molar-refractivity contribution in [2.24, 2.45) is 0 Å². The van der Waals surface area contributed by atoms with E-state index in [0.717, 1.165) is 11.8 Å². The van der Waals surface area contributed by atoms with E-state index in [9.17, 15) is 14.0 Å². The number of anilines is 3. The van der Waals surface area contributed by atoms with Crippen molar-refractivity contribution in [3.8, 4) is 5.75 Å². The Kier molecular flexibility index (Phi) is 6.98. The third kappa shape index (κ3) is 6.43. The van der Waals surface area contributed by atoms with Gasteiger partial charge in [-0.2, -0.15) is 0 Å². The average Bonchev–Trinajstić information content (AvgIpc) is 3.14. The van der Waals surface area contributed by atoms with Crippen LogP contribution in [0, 0.1) is 5.82 Å². The van der Waals surface area contributed by atoms with Crippen molar-refractivity contribution < 1.29 is 18.7 Å². The van der Waals surface area contributed by atoms with Crippen LogP contribution in [0.2, 0.25) is 0 Å². The monoisotopic (exact) mass is 433 g/mol. The highest BCUT2D eigenvalue weighted by atomic mass is 32.2. The highest BCUT2D eigenvalue weighted by Crippen LogP contribution is 2.27. The van der Waals surface area contributed by atoms with Gasteiger partial charge in [0.1, 0.15) is 11.6 Å². The zero-order valence-corrected chi connectivity index (χ0v) is 16.8. The minimum atomic E-state index is -0.633. The second-order valence-electron chi connectivity index (χ2n) is 5.53. The maximum atomic E-state index is 13.2. The first-order valence-electron chi connectivity index (χ1n) is 8.25. The molecule has 0 saturated heterocycles. The molecule has 8 nitrogen and oxygen atoms in total. The number of rotatable bonds is 7. The van der Waals surface area contributed by atoms with Gasteiger partial charge in [0.2, 0.25) is 11.0 Å². The van der Waals surface area contributed by atoms with E-state index < -0.39 is 11.9 Å². The SMILES string of the molecule is COc1ccc(NC(=O)NC(=O)CSc2nnc(Nc3cccc(F)c3)s2)cc1. The summed E-state index contributed by atoms with van der Waals surface area (Å²) in [6.07, 6.45) is 0. The van der Waals surface area contributed by atoms with Crippen LogP contribution in [0.4, 0.5) is 25.7 Å². The van der Waals surface area contributed by atoms with E-state index in [1.165, 1.54) is 23.5 Å². The van der Waals surface area contributed by atoms with Crippen LogP contribution in [-0.4, -0.2) is 35.0 Å². The average molecular weight is 433 g/mol. The number of carbonyl (C=O) groups excluding carboxylic acids is 2. The van der Waals surface area contributed by atoms with Crippen LogP contribution >= 0.6 is 23.1 Å². The van der Waals surface area contributed by atoms with Crippen molar-refractivity contribution >= 4 is 51.5 Å². The Morgan fingerprint density at radius 2 is 1.93 bits per heavy atom. The number of thioether (sulfide) groups is 1. The Balaban J connectivity index is 1.44. The van der Waals surface area contributed by atoms with Gasteiger partial charge in [0.15, 0.2) is 4.34 Å². The Bertz CT molecular complexity index is 997. The number of nitrogens with zero attached hydrogens (tertiary/aromatic N) is 2. The highest BCUT2D eigenvalue weighted by molar-refractivity contribution is 8.01. The third-order valence-corrected chi connectivity index (χ3v) is 5.38. The standard InChI is InChI=1S/C18H16FN5O3S2/c1-27-14-7-5-12(6-8-14)20-16(26)22-15(25)10-28-18-24-23-17(29-18)21-13-4-2-3-11(19)9-13/h2-9H,10H2,1H3,(H,21,23)(H2,20,22,25,26). The molecule has 2 aromatic carbocycles. The van der Waals surface area contributed by atoms with Crippen LogP contribution < -0.4 is 20.7 Å². The molecule has 3 aromatic rings. The smallest absolute Gasteiger partial charge is 0.325 e. The summed E-state index contributed by atoms with van der Waals surface area (Å²) in [5.74, 6) is -0.189. The van der Waals surface area contributed by atoms with Crippen LogP contribution in [0.3, 0.4) is 0 Å². The fourth-order valence-corrected chi connectivity index (χ4v) is 3.71. The summed E-state index contributed by atoms with van der Waals surface area (Å²) in [7, 11) is 1.55. The maximum Gasteiger partial charge on any atom is 0.325 e. The minimum absolute atomic E-state index is 0.00929. The van der Waals surface area contributed by atoms with Crippen molar-refractivity contribution in [1.82, 2.24) is 15.5 Å². The number of urea groups is 1. The van der Waals surface area contributed by atoms with Crippen LogP contribution in [-0.2, 0) is 4.79 Å². The molecule has 0 unspecified atom stereocenters. The van der Waals surface area contributed by atoms with E-state index in [4.69, 9.17) is 4.74 Å². The van der Waals surface area contributed by atoms with E-state index in [1.54, 1.807) is 43.5 Å². The summed E-state index contributed by atoms with van der Waals surface area (Å²) in [4.78, 5) is 23.8. The van der Waals surface area contributed by atoms with Crippen molar-refractivity contribution in [3.05, 3.63) is 54.3 Å². The van der Waals surface area contributed by atoms with E-state index in [0.29, 0.717) is 26.6 Å². The summed E-state index contributed by atoms with van der Waals surface area (Å²) >= 11 is 2.35. The summed E-state index contributed by atoms with van der Waals surface area (Å²) in [5, 5.41) is 16.1. The first-order chi connectivity index (χ1) is 14.0. The minimum Gasteiger partial charge on any atom is -0.497 e. The molecular formula is C18H16FN5O3S2. The predicted octanol–water partition coefficient (Wildman–Crippen LogP) is 3.87.